The van der Waals surface area contributed by atoms with Crippen LogP contribution in [0.1, 0.15) is 65.0 Å². The number of hydrogen-bond acceptors (Lipinski definition) is 3. The van der Waals surface area contributed by atoms with Crippen molar-refractivity contribution in [3.63, 3.8) is 0 Å². The average Bonchev–Trinajstić information content (AvgIpc) is 2.62. The molecular formula is C25H38ClN3. The summed E-state index contributed by atoms with van der Waals surface area (Å²) < 4.78 is 0. The van der Waals surface area contributed by atoms with Crippen LogP contribution in [0.4, 0.5) is 0 Å². The summed E-state index contributed by atoms with van der Waals surface area (Å²) in [5.74, 6) is 0.114. The van der Waals surface area contributed by atoms with E-state index in [2.05, 4.69) is 95.3 Å². The lowest BCUT2D eigenvalue weighted by Crippen LogP contribution is -2.87. The lowest BCUT2D eigenvalue weighted by atomic mass is 9.39. The summed E-state index contributed by atoms with van der Waals surface area (Å²) in [6.07, 6.45) is 0.876. The summed E-state index contributed by atoms with van der Waals surface area (Å²) in [6.45, 7) is 13.0. The largest absolute Gasteiger partial charge is 0.323 e. The molecule has 1 aliphatic rings. The topological polar surface area (TPSA) is 78.1 Å². The van der Waals surface area contributed by atoms with Crippen LogP contribution >= 0.6 is 12.4 Å². The summed E-state index contributed by atoms with van der Waals surface area (Å²) in [6, 6.07) is 21.3. The van der Waals surface area contributed by atoms with Gasteiger partial charge in [-0.25, -0.2) is 0 Å². The van der Waals surface area contributed by atoms with E-state index in [0.717, 1.165) is 6.42 Å². The van der Waals surface area contributed by atoms with E-state index >= 15 is 0 Å². The molecule has 0 radical (unpaired) electrons. The lowest BCUT2D eigenvalue weighted by molar-refractivity contribution is -0.105. The van der Waals surface area contributed by atoms with Gasteiger partial charge >= 0.3 is 0 Å². The molecule has 1 fully saturated rings. The first kappa shape index (κ1) is 23.9. The second kappa shape index (κ2) is 7.39. The number of rotatable bonds is 3. The summed E-state index contributed by atoms with van der Waals surface area (Å²) in [4.78, 5) is 0. The van der Waals surface area contributed by atoms with Gasteiger partial charge in [-0.05, 0) is 49.1 Å². The Bertz CT molecular complexity index is 788. The molecule has 2 aromatic carbocycles. The summed E-state index contributed by atoms with van der Waals surface area (Å²) in [5.41, 5.74) is 21.1. The Morgan fingerprint density at radius 3 is 1.38 bits per heavy atom. The summed E-state index contributed by atoms with van der Waals surface area (Å²) >= 11 is 0. The molecular weight excluding hydrogens is 378 g/mol. The van der Waals surface area contributed by atoms with Crippen LogP contribution in [0, 0.1) is 10.8 Å². The monoisotopic (exact) mass is 415 g/mol. The molecule has 0 saturated heterocycles. The van der Waals surface area contributed by atoms with Crippen LogP contribution in [0.15, 0.2) is 60.7 Å². The van der Waals surface area contributed by atoms with E-state index in [1.54, 1.807) is 0 Å². The van der Waals surface area contributed by atoms with Crippen LogP contribution in [-0.2, 0) is 0 Å². The Hall–Kier alpha value is -1.39. The normalized spacial score (nSPS) is 36.5. The van der Waals surface area contributed by atoms with E-state index in [0.29, 0.717) is 0 Å². The van der Waals surface area contributed by atoms with Gasteiger partial charge in [0.2, 0.25) is 0 Å². The van der Waals surface area contributed by atoms with E-state index in [-0.39, 0.29) is 29.2 Å². The van der Waals surface area contributed by atoms with Crippen molar-refractivity contribution in [1.82, 2.24) is 0 Å². The van der Waals surface area contributed by atoms with Crippen LogP contribution in [0.2, 0.25) is 0 Å². The number of nitrogens with two attached hydrogens (primary N) is 3. The SMILES string of the molecule is CC1(C)CC(C)(C(c2ccccc2)c2ccccc2)C(C)(N)C(C)(N)C1(C)N.Cl. The molecule has 1 saturated carbocycles. The molecule has 0 spiro atoms. The van der Waals surface area contributed by atoms with Crippen molar-refractivity contribution in [2.75, 3.05) is 0 Å². The van der Waals surface area contributed by atoms with Gasteiger partial charge in [-0.15, -0.1) is 12.4 Å². The van der Waals surface area contributed by atoms with Crippen molar-refractivity contribution >= 4 is 12.4 Å². The van der Waals surface area contributed by atoms with Crippen LogP contribution in [0.3, 0.4) is 0 Å². The molecule has 160 valence electrons. The molecule has 3 nitrogen and oxygen atoms in total. The first-order valence-electron chi connectivity index (χ1n) is 10.3. The lowest BCUT2D eigenvalue weighted by Gasteiger charge is -2.70. The Kier molecular flexibility index (Phi) is 6.08. The van der Waals surface area contributed by atoms with Gasteiger partial charge in [0.05, 0.1) is 0 Å². The second-order valence-electron chi connectivity index (χ2n) is 10.3. The molecule has 6 N–H and O–H groups in total. The first-order valence-corrected chi connectivity index (χ1v) is 10.3. The molecule has 1 aliphatic carbocycles. The number of benzene rings is 2. The van der Waals surface area contributed by atoms with Crippen molar-refractivity contribution < 1.29 is 0 Å². The Morgan fingerprint density at radius 2 is 1.00 bits per heavy atom. The third kappa shape index (κ3) is 3.23. The third-order valence-corrected chi connectivity index (χ3v) is 8.46. The van der Waals surface area contributed by atoms with Gasteiger partial charge in [0.1, 0.15) is 0 Å². The molecule has 0 aromatic heterocycles. The van der Waals surface area contributed by atoms with E-state index < -0.39 is 16.6 Å². The summed E-state index contributed by atoms with van der Waals surface area (Å²) in [5, 5.41) is 0. The number of hydrogen-bond donors (Lipinski definition) is 3. The molecule has 0 bridgehead atoms. The van der Waals surface area contributed by atoms with Crippen LogP contribution in [0.5, 0.6) is 0 Å². The molecule has 4 heteroatoms. The van der Waals surface area contributed by atoms with Gasteiger partial charge in [-0.2, -0.15) is 0 Å². The predicted octanol–water partition coefficient (Wildman–Crippen LogP) is 4.83. The minimum absolute atomic E-state index is 0. The van der Waals surface area contributed by atoms with Crippen LogP contribution < -0.4 is 17.2 Å². The average molecular weight is 416 g/mol. The van der Waals surface area contributed by atoms with Gasteiger partial charge < -0.3 is 17.2 Å². The molecule has 29 heavy (non-hydrogen) atoms. The van der Waals surface area contributed by atoms with Crippen molar-refractivity contribution in [2.24, 2.45) is 28.0 Å². The minimum atomic E-state index is -0.766. The zero-order valence-electron chi connectivity index (χ0n) is 18.7. The molecule has 0 amide bonds. The minimum Gasteiger partial charge on any atom is -0.323 e. The third-order valence-electron chi connectivity index (χ3n) is 8.46. The molecule has 0 heterocycles. The Morgan fingerprint density at radius 1 is 0.621 bits per heavy atom. The Balaban J connectivity index is 0.00000300. The molecule has 4 unspecified atom stereocenters. The highest BCUT2D eigenvalue weighted by atomic mass is 35.5. The fourth-order valence-corrected chi connectivity index (χ4v) is 5.74. The zero-order chi connectivity index (χ0) is 21.0. The highest BCUT2D eigenvalue weighted by Gasteiger charge is 2.69. The van der Waals surface area contributed by atoms with E-state index in [1.807, 2.05) is 6.92 Å². The quantitative estimate of drug-likeness (QED) is 0.671. The van der Waals surface area contributed by atoms with Gasteiger partial charge in [-0.3, -0.25) is 0 Å². The standard InChI is InChI=1S/C25H37N3.ClH/c1-21(2)17-22(3,24(5,27)25(6,28)23(21,4)26)20(18-13-9-7-10-14-18)19-15-11-8-12-16-19;/h7-16,20H,17,26-28H2,1-6H3;1H. The zero-order valence-corrected chi connectivity index (χ0v) is 19.5. The van der Waals surface area contributed by atoms with Gasteiger partial charge in [0.15, 0.2) is 0 Å². The molecule has 2 aromatic rings. The molecule has 0 aliphatic heterocycles. The molecule has 3 rings (SSSR count). The van der Waals surface area contributed by atoms with Crippen molar-refractivity contribution in [3.05, 3.63) is 71.8 Å². The maximum Gasteiger partial charge on any atom is 0.0496 e. The van der Waals surface area contributed by atoms with Gasteiger partial charge in [0.25, 0.3) is 0 Å². The van der Waals surface area contributed by atoms with Crippen molar-refractivity contribution in [1.29, 1.82) is 0 Å². The highest BCUT2D eigenvalue weighted by Crippen LogP contribution is 2.63. The van der Waals surface area contributed by atoms with Crippen molar-refractivity contribution in [2.45, 2.75) is 70.5 Å². The fraction of sp³-hybridized carbons (Fsp3) is 0.520. The van der Waals surface area contributed by atoms with Gasteiger partial charge in [-0.1, -0.05) is 81.4 Å². The van der Waals surface area contributed by atoms with Crippen LogP contribution in [-0.4, -0.2) is 16.6 Å². The summed E-state index contributed by atoms with van der Waals surface area (Å²) in [7, 11) is 0. The van der Waals surface area contributed by atoms with Crippen molar-refractivity contribution in [3.8, 4) is 0 Å². The van der Waals surface area contributed by atoms with Gasteiger partial charge in [0, 0.05) is 22.5 Å². The fourth-order valence-electron chi connectivity index (χ4n) is 5.74. The van der Waals surface area contributed by atoms with E-state index in [9.17, 15) is 0 Å². The first-order chi connectivity index (χ1) is 12.8. The predicted molar refractivity (Wildman–Crippen MR) is 126 cm³/mol. The maximum absolute atomic E-state index is 7.20. The maximum atomic E-state index is 7.20. The smallest absolute Gasteiger partial charge is 0.0496 e. The second-order valence-corrected chi connectivity index (χ2v) is 10.3. The van der Waals surface area contributed by atoms with E-state index in [4.69, 9.17) is 17.2 Å². The van der Waals surface area contributed by atoms with Crippen LogP contribution in [0.25, 0.3) is 0 Å². The Labute approximate surface area is 182 Å². The molecule has 4 atom stereocenters. The number of halogens is 1. The highest BCUT2D eigenvalue weighted by molar-refractivity contribution is 5.85. The van der Waals surface area contributed by atoms with E-state index in [1.165, 1.54) is 11.1 Å².